The van der Waals surface area contributed by atoms with E-state index in [0.29, 0.717) is 35.8 Å². The first-order valence-corrected chi connectivity index (χ1v) is 16.8. The third kappa shape index (κ3) is 6.81. The summed E-state index contributed by atoms with van der Waals surface area (Å²) in [5.41, 5.74) is 1.03. The molecular formula is C24H30F2N10O10P2. The van der Waals surface area contributed by atoms with Crippen LogP contribution in [-0.4, -0.2) is 122 Å². The van der Waals surface area contributed by atoms with Gasteiger partial charge in [0, 0.05) is 13.1 Å². The summed E-state index contributed by atoms with van der Waals surface area (Å²) in [6.07, 6.45) is -3.08. The highest BCUT2D eigenvalue weighted by Crippen LogP contribution is 2.40. The van der Waals surface area contributed by atoms with Gasteiger partial charge in [-0.15, -0.1) is 0 Å². The second-order valence-corrected chi connectivity index (χ2v) is 11.9. The molecule has 10 atom stereocenters. The number of rotatable bonds is 14. The summed E-state index contributed by atoms with van der Waals surface area (Å²) in [7, 11) is -6.98. The van der Waals surface area contributed by atoms with Crippen LogP contribution in [0.1, 0.15) is 12.5 Å². The van der Waals surface area contributed by atoms with E-state index in [1.54, 1.807) is 12.2 Å². The number of halogens is 2. The lowest BCUT2D eigenvalue weighted by Gasteiger charge is -2.16. The average molecular weight is 719 g/mol. The maximum atomic E-state index is 15.2. The number of aromatic nitrogens is 8. The van der Waals surface area contributed by atoms with Crippen LogP contribution < -0.4 is 10.6 Å². The molecule has 0 radical (unpaired) electrons. The highest BCUT2D eigenvalue weighted by atomic mass is 31.1. The monoisotopic (exact) mass is 718 g/mol. The third-order valence-corrected chi connectivity index (χ3v) is 8.52. The lowest BCUT2D eigenvalue weighted by molar-refractivity contribution is -0.0436. The molecule has 0 amide bonds. The molecule has 24 heteroatoms. The molecule has 2 aliphatic rings. The predicted molar refractivity (Wildman–Crippen MR) is 161 cm³/mol. The summed E-state index contributed by atoms with van der Waals surface area (Å²) in [5.74, 6) is 0.671. The van der Waals surface area contributed by atoms with Gasteiger partial charge in [-0.1, -0.05) is 12.2 Å². The highest BCUT2D eigenvalue weighted by molar-refractivity contribution is 7.32. The molecule has 4 aromatic rings. The minimum atomic E-state index is -3.49. The molecule has 6 N–H and O–H groups in total. The van der Waals surface area contributed by atoms with Crippen molar-refractivity contribution in [1.82, 2.24) is 39.0 Å². The van der Waals surface area contributed by atoms with Crippen LogP contribution >= 0.6 is 16.5 Å². The number of nitrogens with one attached hydrogen (secondary N) is 2. The first kappa shape index (κ1) is 34.3. The number of aliphatic hydroxyl groups is 2. The first-order valence-electron chi connectivity index (χ1n) is 14.3. The Bertz CT molecular complexity index is 1690. The van der Waals surface area contributed by atoms with Crippen LogP contribution in [0.2, 0.25) is 0 Å². The number of alkyl halides is 2. The number of fused-ring (bicyclic) bond motifs is 2. The molecule has 20 nitrogen and oxygen atoms in total. The van der Waals surface area contributed by atoms with Gasteiger partial charge in [0.25, 0.3) is 0 Å². The number of hydrogen-bond acceptors (Lipinski definition) is 16. The molecule has 2 fully saturated rings. The summed E-state index contributed by atoms with van der Waals surface area (Å²) in [5, 5.41) is 25.2. The molecule has 0 aromatic carbocycles. The molecule has 0 bridgehead atoms. The second-order valence-electron chi connectivity index (χ2n) is 10.4. The van der Waals surface area contributed by atoms with Gasteiger partial charge in [0.1, 0.15) is 37.1 Å². The van der Waals surface area contributed by atoms with Crippen molar-refractivity contribution in [3.05, 3.63) is 37.5 Å². The normalized spacial score (nSPS) is 28.9. The fourth-order valence-electron chi connectivity index (χ4n) is 5.46. The van der Waals surface area contributed by atoms with Crippen molar-refractivity contribution in [2.75, 3.05) is 36.9 Å². The molecule has 0 saturated carbocycles. The number of nitrogens with zero attached hydrogens (tertiary/aromatic N) is 8. The quantitative estimate of drug-likeness (QED) is 0.0742. The maximum Gasteiger partial charge on any atom is 0.317 e. The number of hydrogen-bond donors (Lipinski definition) is 6. The number of aliphatic hydroxyl groups excluding tert-OH is 2. The van der Waals surface area contributed by atoms with Gasteiger partial charge in [0.15, 0.2) is 58.8 Å². The smallest absolute Gasteiger partial charge is 0.317 e. The van der Waals surface area contributed by atoms with E-state index >= 15 is 8.78 Å². The number of anilines is 2. The van der Waals surface area contributed by atoms with Crippen LogP contribution in [0.15, 0.2) is 37.5 Å². The topological polar surface area (TPSA) is 263 Å². The number of ether oxygens (including phenoxy) is 2. The van der Waals surface area contributed by atoms with Gasteiger partial charge in [0.05, 0.1) is 25.9 Å². The minimum absolute atomic E-state index is 0.216. The van der Waals surface area contributed by atoms with Crippen molar-refractivity contribution in [2.45, 2.75) is 49.2 Å². The standard InChI is InChI=1S/C24H30F2N10O10P2/c25-13-17(45-47(39)40)11(5-37)43-23(13)35-9-33-15-19(29-7-31-21(15)35)27-3-1-2-4-28-20-16-22(32-8-30-20)36(10-34-16)24-14(26)18(46-48(41)42)12(6-38)44-24/h1-2,7-14,17-18,23-24,37-38,47-48H,3-6H2,(H,39,40)(H,41,42)(H,27,29,31)(H,28,30,32)/b2-1+/t11?,12?,13-,14-,17-,18-,23-,24?/m1/s1. The van der Waals surface area contributed by atoms with Crippen LogP contribution in [0.3, 0.4) is 0 Å². The van der Waals surface area contributed by atoms with E-state index in [1.807, 2.05) is 0 Å². The molecule has 6 heterocycles. The SMILES string of the molecule is O=[PH](O)O[C@@H]1C(CO)O[C@@H](n2cnc3c(NC/C=C/CNc4ncnc5c4ncn5C4OC(CO)[C@@H](O[PH](=O)O)[C@H]4F)ncnc32)[C@@H]1F. The summed E-state index contributed by atoms with van der Waals surface area (Å²) in [4.78, 5) is 43.5. The fourth-order valence-corrected chi connectivity index (χ4v) is 6.49. The minimum Gasteiger partial charge on any atom is -0.394 e. The molecule has 5 unspecified atom stereocenters. The molecule has 6 rings (SSSR count). The Kier molecular flexibility index (Phi) is 10.7. The van der Waals surface area contributed by atoms with E-state index < -0.39 is 78.9 Å². The van der Waals surface area contributed by atoms with E-state index in [1.165, 1.54) is 34.4 Å². The van der Waals surface area contributed by atoms with Crippen LogP contribution in [0, 0.1) is 0 Å². The molecule has 2 aliphatic heterocycles. The van der Waals surface area contributed by atoms with Crippen molar-refractivity contribution < 1.29 is 56.4 Å². The van der Waals surface area contributed by atoms with E-state index in [-0.39, 0.29) is 11.3 Å². The van der Waals surface area contributed by atoms with Crippen molar-refractivity contribution in [3.8, 4) is 0 Å². The molecule has 0 aliphatic carbocycles. The van der Waals surface area contributed by atoms with Gasteiger partial charge in [-0.05, 0) is 0 Å². The molecule has 2 saturated heterocycles. The van der Waals surface area contributed by atoms with E-state index in [0.717, 1.165) is 0 Å². The zero-order valence-corrected chi connectivity index (χ0v) is 26.5. The first-order chi connectivity index (χ1) is 23.2. The third-order valence-electron chi connectivity index (χ3n) is 7.57. The van der Waals surface area contributed by atoms with Crippen LogP contribution in [-0.2, 0) is 27.7 Å². The van der Waals surface area contributed by atoms with Crippen molar-refractivity contribution in [2.24, 2.45) is 0 Å². The molecule has 4 aromatic heterocycles. The summed E-state index contributed by atoms with van der Waals surface area (Å²) >= 11 is 0. The Hall–Kier alpha value is -3.56. The zero-order chi connectivity index (χ0) is 33.9. The summed E-state index contributed by atoms with van der Waals surface area (Å²) in [6.45, 7) is -0.682. The zero-order valence-electron chi connectivity index (χ0n) is 24.5. The average Bonchev–Trinajstić information content (AvgIpc) is 3.83. The van der Waals surface area contributed by atoms with Gasteiger partial charge in [0.2, 0.25) is 0 Å². The fraction of sp³-hybridized carbons (Fsp3) is 0.500. The Balaban J connectivity index is 1.07. The lowest BCUT2D eigenvalue weighted by Crippen LogP contribution is -2.32. The van der Waals surface area contributed by atoms with E-state index in [2.05, 4.69) is 40.5 Å². The Labute approximate surface area is 269 Å². The van der Waals surface area contributed by atoms with E-state index in [4.69, 9.17) is 28.3 Å². The van der Waals surface area contributed by atoms with Gasteiger partial charge in [-0.2, -0.15) is 0 Å². The maximum absolute atomic E-state index is 15.2. The highest BCUT2D eigenvalue weighted by Gasteiger charge is 2.49. The van der Waals surface area contributed by atoms with Crippen molar-refractivity contribution in [1.29, 1.82) is 0 Å². The van der Waals surface area contributed by atoms with Crippen LogP contribution in [0.4, 0.5) is 20.4 Å². The molecular weight excluding hydrogens is 688 g/mol. The van der Waals surface area contributed by atoms with Gasteiger partial charge < -0.3 is 49.2 Å². The number of imidazole rings is 2. The Morgan fingerprint density at radius 1 is 0.750 bits per heavy atom. The Morgan fingerprint density at radius 3 is 1.54 bits per heavy atom. The molecule has 260 valence electrons. The molecule has 48 heavy (non-hydrogen) atoms. The van der Waals surface area contributed by atoms with Crippen LogP contribution in [0.25, 0.3) is 22.3 Å². The Morgan fingerprint density at radius 2 is 1.17 bits per heavy atom. The van der Waals surface area contributed by atoms with Crippen molar-refractivity contribution in [3.63, 3.8) is 0 Å². The van der Waals surface area contributed by atoms with Crippen molar-refractivity contribution >= 4 is 50.5 Å². The summed E-state index contributed by atoms with van der Waals surface area (Å²) < 4.78 is 75.8. The summed E-state index contributed by atoms with van der Waals surface area (Å²) in [6, 6.07) is 0. The van der Waals surface area contributed by atoms with E-state index in [9.17, 15) is 19.3 Å². The van der Waals surface area contributed by atoms with Gasteiger partial charge in [-0.3, -0.25) is 18.3 Å². The molecule has 0 spiro atoms. The predicted octanol–water partition coefficient (Wildman–Crippen LogP) is 0.0362. The largest absolute Gasteiger partial charge is 0.394 e. The van der Waals surface area contributed by atoms with Gasteiger partial charge in [-0.25, -0.2) is 38.7 Å². The van der Waals surface area contributed by atoms with Crippen LogP contribution in [0.5, 0.6) is 0 Å². The van der Waals surface area contributed by atoms with Gasteiger partial charge >= 0.3 is 16.5 Å². The lowest BCUT2D eigenvalue weighted by atomic mass is 10.1. The second kappa shape index (κ2) is 14.9.